The summed E-state index contributed by atoms with van der Waals surface area (Å²) >= 11 is 0.938. The van der Waals surface area contributed by atoms with E-state index >= 15 is 8.78 Å². The normalized spacial score (nSPS) is 21.8. The number of fused-ring (bicyclic) bond motifs is 2. The van der Waals surface area contributed by atoms with Crippen LogP contribution >= 0.6 is 11.8 Å². The van der Waals surface area contributed by atoms with E-state index in [-0.39, 0.29) is 16.1 Å². The van der Waals surface area contributed by atoms with Gasteiger partial charge in [-0.05, 0) is 20.0 Å². The van der Waals surface area contributed by atoms with Gasteiger partial charge in [-0.3, -0.25) is 14.5 Å². The second-order valence-corrected chi connectivity index (χ2v) is 11.3. The van der Waals surface area contributed by atoms with Crippen LogP contribution in [-0.4, -0.2) is 100 Å². The molecule has 3 atom stereocenters. The summed E-state index contributed by atoms with van der Waals surface area (Å²) in [6, 6.07) is 0.824. The van der Waals surface area contributed by atoms with Crippen LogP contribution in [0.25, 0.3) is 10.9 Å². The van der Waals surface area contributed by atoms with Gasteiger partial charge >= 0.3 is 11.9 Å². The van der Waals surface area contributed by atoms with Crippen molar-refractivity contribution in [1.82, 2.24) is 14.4 Å². The van der Waals surface area contributed by atoms with E-state index < -0.39 is 88.8 Å². The number of aromatic nitrogens is 1. The van der Waals surface area contributed by atoms with Crippen molar-refractivity contribution in [3.8, 4) is 0 Å². The van der Waals surface area contributed by atoms with Gasteiger partial charge < -0.3 is 29.3 Å². The maximum Gasteiger partial charge on any atom is 0.353 e. The van der Waals surface area contributed by atoms with E-state index in [1.807, 2.05) is 11.9 Å². The second-order valence-electron chi connectivity index (χ2n) is 10.1. The summed E-state index contributed by atoms with van der Waals surface area (Å²) in [6.07, 6.45) is -0.0900. The highest BCUT2D eigenvalue weighted by Crippen LogP contribution is 2.50. The van der Waals surface area contributed by atoms with E-state index in [1.54, 1.807) is 0 Å². The maximum absolute atomic E-state index is 15.8. The van der Waals surface area contributed by atoms with Crippen LogP contribution in [0.2, 0.25) is 0 Å². The first-order valence-corrected chi connectivity index (χ1v) is 13.7. The Balaban J connectivity index is 1.47. The largest absolute Gasteiger partial charge is 0.477 e. The second kappa shape index (κ2) is 11.0. The first-order chi connectivity index (χ1) is 19.5. The number of ether oxygens (including phenoxy) is 1. The van der Waals surface area contributed by atoms with Crippen molar-refractivity contribution in [3.05, 3.63) is 50.3 Å². The molecule has 1 aromatic heterocycles. The fourth-order valence-corrected chi connectivity index (χ4v) is 6.89. The molecule has 220 valence electrons. The third-order valence-electron chi connectivity index (χ3n) is 7.50. The molecule has 1 amide bonds. The van der Waals surface area contributed by atoms with Crippen molar-refractivity contribution in [2.45, 2.75) is 24.9 Å². The number of likely N-dealkylation sites (N-methyl/N-ethyl adjacent to an activating group) is 1. The van der Waals surface area contributed by atoms with Crippen molar-refractivity contribution in [1.29, 1.82) is 0 Å². The lowest BCUT2D eigenvalue weighted by Gasteiger charge is -2.43. The molecule has 0 radical (unpaired) electrons. The van der Waals surface area contributed by atoms with Crippen LogP contribution in [0.4, 0.5) is 18.9 Å². The average molecular weight is 597 g/mol. The Hall–Kier alpha value is -3.56. The van der Waals surface area contributed by atoms with Crippen LogP contribution < -0.4 is 10.3 Å². The molecule has 2 saturated heterocycles. The number of aryl methyl sites for hydroxylation is 1. The number of esters is 1. The van der Waals surface area contributed by atoms with Gasteiger partial charge in [0.25, 0.3) is 0 Å². The zero-order valence-corrected chi connectivity index (χ0v) is 22.9. The number of thioether (sulfide) groups is 1. The van der Waals surface area contributed by atoms with E-state index in [4.69, 9.17) is 4.74 Å². The molecule has 0 unspecified atom stereocenters. The Bertz CT molecular complexity index is 1540. The number of aliphatic carboxylic acids is 1. The first-order valence-electron chi connectivity index (χ1n) is 12.8. The van der Waals surface area contributed by atoms with E-state index in [0.717, 1.165) is 33.5 Å². The predicted molar refractivity (Wildman–Crippen MR) is 142 cm³/mol. The number of carboxylic acid groups (broad SMARTS) is 1. The molecule has 2 aromatic rings. The van der Waals surface area contributed by atoms with Crippen molar-refractivity contribution in [2.24, 2.45) is 5.92 Å². The van der Waals surface area contributed by atoms with Gasteiger partial charge in [0.2, 0.25) is 11.3 Å². The Kier molecular flexibility index (Phi) is 7.78. The van der Waals surface area contributed by atoms with Crippen molar-refractivity contribution in [3.63, 3.8) is 0 Å². The van der Waals surface area contributed by atoms with Gasteiger partial charge in [-0.2, -0.15) is 0 Å². The highest BCUT2D eigenvalue weighted by molar-refractivity contribution is 8.04. The van der Waals surface area contributed by atoms with E-state index in [0.29, 0.717) is 26.2 Å². The molecule has 3 aliphatic rings. The minimum atomic E-state index is -1.44. The number of pyridine rings is 1. The van der Waals surface area contributed by atoms with Crippen LogP contribution in [0, 0.1) is 17.6 Å². The number of carbonyl (C=O) groups is 3. The molecular weight excluding hydrogens is 569 g/mol. The molecule has 0 bridgehead atoms. The van der Waals surface area contributed by atoms with Crippen LogP contribution in [-0.2, 0) is 20.9 Å². The van der Waals surface area contributed by atoms with Gasteiger partial charge in [0, 0.05) is 32.4 Å². The summed E-state index contributed by atoms with van der Waals surface area (Å²) in [6.45, 7) is 1.15. The van der Waals surface area contributed by atoms with Crippen LogP contribution in [0.3, 0.4) is 0 Å². The van der Waals surface area contributed by atoms with Gasteiger partial charge in [0.15, 0.2) is 5.82 Å². The molecule has 2 fully saturated rings. The molecule has 0 spiro atoms. The van der Waals surface area contributed by atoms with Gasteiger partial charge in [-0.25, -0.2) is 22.8 Å². The summed E-state index contributed by atoms with van der Waals surface area (Å²) in [5.74, 6) is -6.14. The summed E-state index contributed by atoms with van der Waals surface area (Å²) < 4.78 is 50.7. The molecule has 41 heavy (non-hydrogen) atoms. The predicted octanol–water partition coefficient (Wildman–Crippen LogP) is 1.37. The third kappa shape index (κ3) is 4.85. The number of piperazine rings is 1. The lowest BCUT2D eigenvalue weighted by atomic mass is 9.92. The highest BCUT2D eigenvalue weighted by Gasteiger charge is 2.57. The molecule has 2 N–H and O–H groups in total. The van der Waals surface area contributed by atoms with Crippen LogP contribution in [0.1, 0.15) is 17.3 Å². The summed E-state index contributed by atoms with van der Waals surface area (Å²) in [5, 5.41) is 18.3. The zero-order chi connectivity index (χ0) is 29.7. The number of β-lactam (4-membered cyclic amide) rings is 1. The summed E-state index contributed by atoms with van der Waals surface area (Å²) in [4.78, 5) is 55.0. The Morgan fingerprint density at radius 3 is 2.49 bits per heavy atom. The molecule has 4 heterocycles. The van der Waals surface area contributed by atoms with Crippen LogP contribution in [0.15, 0.2) is 27.7 Å². The topological polar surface area (TPSA) is 133 Å². The van der Waals surface area contributed by atoms with E-state index in [1.165, 1.54) is 11.8 Å². The minimum Gasteiger partial charge on any atom is -0.477 e. The molecule has 0 saturated carbocycles. The lowest BCUT2D eigenvalue weighted by molar-refractivity contribution is -0.156. The Labute approximate surface area is 235 Å². The monoisotopic (exact) mass is 596 g/mol. The summed E-state index contributed by atoms with van der Waals surface area (Å²) in [5.41, 5.74) is -2.76. The number of carbonyl (C=O) groups excluding carboxylic acids is 2. The molecule has 11 nitrogen and oxygen atoms in total. The number of carboxylic acids is 1. The average Bonchev–Trinajstić information content (AvgIpc) is 3.24. The van der Waals surface area contributed by atoms with Gasteiger partial charge in [0.1, 0.15) is 41.4 Å². The van der Waals surface area contributed by atoms with Crippen molar-refractivity contribution < 1.29 is 42.5 Å². The number of nitrogens with zero attached hydrogens (tertiary/aromatic N) is 4. The quantitative estimate of drug-likeness (QED) is 0.340. The van der Waals surface area contributed by atoms with Crippen molar-refractivity contribution >= 4 is 46.2 Å². The first kappa shape index (κ1) is 29.0. The number of benzene rings is 1. The number of hydrogen-bond donors (Lipinski definition) is 2. The Morgan fingerprint density at radius 1 is 1.20 bits per heavy atom. The standard InChI is InChI=1S/C26H27F3N4O7S/c1-12(34)17-23(36)33-21(25(37)38)16(41-24(17)33)11-40-26(39)14-10-32(4-3-27)19-13(22(14)35)9-15(28)20(18(19)29)31-7-5-30(2)6-8-31/h9-10,12,17,24,34H,3-8,11H2,1-2H3,(H,37,38)/t12-,17+,24-/m1/s1. The number of aliphatic hydroxyl groups excluding tert-OH is 1. The smallest absolute Gasteiger partial charge is 0.353 e. The fourth-order valence-electron chi connectivity index (χ4n) is 5.37. The number of halogens is 3. The lowest BCUT2D eigenvalue weighted by Crippen LogP contribution is -2.60. The van der Waals surface area contributed by atoms with E-state index in [2.05, 4.69) is 0 Å². The minimum absolute atomic E-state index is 0.0196. The number of rotatable bonds is 8. The molecular formula is C26H27F3N4O7S. The number of anilines is 1. The molecule has 3 aliphatic heterocycles. The van der Waals surface area contributed by atoms with Crippen molar-refractivity contribution in [2.75, 3.05) is 51.4 Å². The molecule has 1 aromatic carbocycles. The number of amides is 1. The Morgan fingerprint density at radius 2 is 1.88 bits per heavy atom. The third-order valence-corrected chi connectivity index (χ3v) is 8.84. The number of aliphatic hydroxyl groups is 1. The number of alkyl halides is 1. The van der Waals surface area contributed by atoms with E-state index in [9.17, 15) is 33.8 Å². The fraction of sp³-hybridized carbons (Fsp3) is 0.462. The van der Waals surface area contributed by atoms with Gasteiger partial charge in [-0.15, -0.1) is 0 Å². The molecule has 15 heteroatoms. The molecule has 5 rings (SSSR count). The van der Waals surface area contributed by atoms with Gasteiger partial charge in [-0.1, -0.05) is 11.8 Å². The maximum atomic E-state index is 15.8. The highest BCUT2D eigenvalue weighted by atomic mass is 32.2. The summed E-state index contributed by atoms with van der Waals surface area (Å²) in [7, 11) is 1.88. The van der Waals surface area contributed by atoms with Crippen LogP contribution in [0.5, 0.6) is 0 Å². The number of hydrogen-bond acceptors (Lipinski definition) is 9. The zero-order valence-electron chi connectivity index (χ0n) is 22.1. The molecule has 0 aliphatic carbocycles. The van der Waals surface area contributed by atoms with Gasteiger partial charge in [0.05, 0.1) is 34.4 Å². The SMILES string of the molecule is C[C@@H](O)[C@H]1C(=O)N2C(C(=O)O)=C(COC(=O)c3cn(CCF)c4c(F)c(N5CCN(C)CC5)c(F)cc4c3=O)S[C@H]12.